The number of hydrogen-bond donors (Lipinski definition) is 0. The van der Waals surface area contributed by atoms with Crippen LogP contribution in [-0.2, 0) is 4.79 Å². The molecule has 1 amide bonds. The van der Waals surface area contributed by atoms with Gasteiger partial charge in [0.15, 0.2) is 0 Å². The van der Waals surface area contributed by atoms with Crippen molar-refractivity contribution < 1.29 is 4.79 Å². The molecule has 1 atom stereocenters. The van der Waals surface area contributed by atoms with Crippen molar-refractivity contribution >= 4 is 5.91 Å². The van der Waals surface area contributed by atoms with Gasteiger partial charge in [-0.1, -0.05) is 0 Å². The molecule has 0 aromatic rings. The van der Waals surface area contributed by atoms with Gasteiger partial charge in [-0.25, -0.2) is 0 Å². The molecule has 0 bridgehead atoms. The van der Waals surface area contributed by atoms with Gasteiger partial charge in [0.2, 0.25) is 5.91 Å². The van der Waals surface area contributed by atoms with E-state index in [0.29, 0.717) is 6.04 Å². The lowest BCUT2D eigenvalue weighted by molar-refractivity contribution is -0.139. The summed E-state index contributed by atoms with van der Waals surface area (Å²) in [5.41, 5.74) is 0.125. The fourth-order valence-electron chi connectivity index (χ4n) is 3.82. The summed E-state index contributed by atoms with van der Waals surface area (Å²) in [6.07, 6.45) is 2.85. The largest absolute Gasteiger partial charge is 0.339 e. The lowest BCUT2D eigenvalue weighted by atomic mass is 9.92. The monoisotopic (exact) mass is 265 g/mol. The molecule has 0 N–H and O–H groups in total. The Morgan fingerprint density at radius 2 is 1.95 bits per heavy atom. The van der Waals surface area contributed by atoms with Crippen molar-refractivity contribution in [2.24, 2.45) is 5.92 Å². The Hall–Kier alpha value is -0.610. The van der Waals surface area contributed by atoms with E-state index in [9.17, 15) is 4.79 Å². The number of rotatable bonds is 2. The highest BCUT2D eigenvalue weighted by atomic mass is 16.2. The Labute approximate surface area is 116 Å². The number of fused-ring (bicyclic) bond motifs is 1. The molecule has 4 nitrogen and oxygen atoms in total. The molecule has 2 saturated heterocycles. The molecule has 4 heteroatoms. The number of carbonyl (C=O) groups is 1. The topological polar surface area (TPSA) is 26.8 Å². The molecular weight excluding hydrogens is 238 g/mol. The predicted octanol–water partition coefficient (Wildman–Crippen LogP) is 1.02. The Bertz CT molecular complexity index is 364. The third-order valence-electron chi connectivity index (χ3n) is 5.01. The van der Waals surface area contributed by atoms with Crippen LogP contribution < -0.4 is 0 Å². The molecule has 19 heavy (non-hydrogen) atoms. The van der Waals surface area contributed by atoms with E-state index >= 15 is 0 Å². The fraction of sp³-hybridized carbons (Fsp3) is 0.933. The predicted molar refractivity (Wildman–Crippen MR) is 76.0 cm³/mol. The Balaban J connectivity index is 1.68. The minimum absolute atomic E-state index is 0.125. The van der Waals surface area contributed by atoms with Gasteiger partial charge in [0, 0.05) is 57.8 Å². The first kappa shape index (κ1) is 13.4. The first-order valence-electron chi connectivity index (χ1n) is 7.70. The van der Waals surface area contributed by atoms with Crippen LogP contribution in [0, 0.1) is 5.92 Å². The summed E-state index contributed by atoms with van der Waals surface area (Å²) < 4.78 is 0. The normalized spacial score (nSPS) is 32.2. The van der Waals surface area contributed by atoms with Gasteiger partial charge in [-0.05, 0) is 32.6 Å². The smallest absolute Gasteiger partial charge is 0.219 e. The minimum atomic E-state index is 0.125. The summed E-state index contributed by atoms with van der Waals surface area (Å²) in [5.74, 6) is 1.19. The number of nitrogens with zero attached hydrogens (tertiary/aromatic N) is 3. The van der Waals surface area contributed by atoms with Crippen LogP contribution >= 0.6 is 0 Å². The summed E-state index contributed by atoms with van der Waals surface area (Å²) >= 11 is 0. The lowest BCUT2D eigenvalue weighted by Gasteiger charge is -2.55. The van der Waals surface area contributed by atoms with E-state index in [0.717, 1.165) is 32.1 Å². The minimum Gasteiger partial charge on any atom is -0.339 e. The van der Waals surface area contributed by atoms with Crippen molar-refractivity contribution in [3.05, 3.63) is 0 Å². The van der Waals surface area contributed by atoms with Crippen LogP contribution in [0.2, 0.25) is 0 Å². The van der Waals surface area contributed by atoms with Crippen LogP contribution in [0.5, 0.6) is 0 Å². The highest BCUT2D eigenvalue weighted by Crippen LogP contribution is 2.32. The second kappa shape index (κ2) is 4.74. The van der Waals surface area contributed by atoms with Crippen molar-refractivity contribution in [3.8, 4) is 0 Å². The summed E-state index contributed by atoms with van der Waals surface area (Å²) in [6, 6.07) is 0.528. The van der Waals surface area contributed by atoms with E-state index in [2.05, 4.69) is 23.6 Å². The van der Waals surface area contributed by atoms with E-state index in [1.54, 1.807) is 6.92 Å². The summed E-state index contributed by atoms with van der Waals surface area (Å²) in [4.78, 5) is 19.0. The third kappa shape index (κ3) is 2.79. The van der Waals surface area contributed by atoms with Gasteiger partial charge in [-0.2, -0.15) is 0 Å². The molecule has 3 fully saturated rings. The molecule has 1 aliphatic carbocycles. The number of piperazine rings is 2. The van der Waals surface area contributed by atoms with Crippen LogP contribution in [0.15, 0.2) is 0 Å². The van der Waals surface area contributed by atoms with Gasteiger partial charge in [0.05, 0.1) is 0 Å². The van der Waals surface area contributed by atoms with Gasteiger partial charge >= 0.3 is 0 Å². The molecule has 1 saturated carbocycles. The fourth-order valence-corrected chi connectivity index (χ4v) is 3.82. The van der Waals surface area contributed by atoms with Crippen LogP contribution in [0.25, 0.3) is 0 Å². The number of amides is 1. The van der Waals surface area contributed by atoms with E-state index in [1.165, 1.54) is 25.9 Å². The van der Waals surface area contributed by atoms with E-state index < -0.39 is 0 Å². The Morgan fingerprint density at radius 3 is 2.58 bits per heavy atom. The molecule has 0 spiro atoms. The average molecular weight is 265 g/mol. The lowest BCUT2D eigenvalue weighted by Crippen LogP contribution is -2.70. The van der Waals surface area contributed by atoms with Gasteiger partial charge in [0.25, 0.3) is 0 Å². The van der Waals surface area contributed by atoms with E-state index in [1.807, 2.05) is 4.90 Å². The van der Waals surface area contributed by atoms with Gasteiger partial charge in [-0.3, -0.25) is 9.69 Å². The Morgan fingerprint density at radius 1 is 1.21 bits per heavy atom. The summed E-state index contributed by atoms with van der Waals surface area (Å²) in [7, 11) is 0. The molecule has 0 aromatic heterocycles. The second-order valence-electron chi connectivity index (χ2n) is 7.26. The standard InChI is InChI=1S/C15H27N3O/c1-12(19)17-10-14-9-16(8-13-4-5-13)6-7-18(14)15(2,3)11-17/h13-14H,4-11H2,1-3H3. The first-order valence-corrected chi connectivity index (χ1v) is 7.70. The molecule has 3 rings (SSSR count). The number of carbonyl (C=O) groups excluding carboxylic acids is 1. The average Bonchev–Trinajstić information content (AvgIpc) is 3.11. The van der Waals surface area contributed by atoms with Crippen molar-refractivity contribution in [1.29, 1.82) is 0 Å². The maximum Gasteiger partial charge on any atom is 0.219 e. The maximum atomic E-state index is 11.7. The van der Waals surface area contributed by atoms with Crippen LogP contribution in [0.1, 0.15) is 33.6 Å². The van der Waals surface area contributed by atoms with Crippen molar-refractivity contribution in [2.45, 2.75) is 45.2 Å². The maximum absolute atomic E-state index is 11.7. The molecular formula is C15H27N3O. The molecule has 1 unspecified atom stereocenters. The van der Waals surface area contributed by atoms with Crippen molar-refractivity contribution in [1.82, 2.24) is 14.7 Å². The number of hydrogen-bond acceptors (Lipinski definition) is 3. The van der Waals surface area contributed by atoms with Crippen LogP contribution in [0.4, 0.5) is 0 Å². The first-order chi connectivity index (χ1) is 8.95. The molecule has 0 aromatic carbocycles. The quantitative estimate of drug-likeness (QED) is 0.746. The highest BCUT2D eigenvalue weighted by molar-refractivity contribution is 5.73. The molecule has 2 aliphatic heterocycles. The van der Waals surface area contributed by atoms with Crippen molar-refractivity contribution in [3.63, 3.8) is 0 Å². The van der Waals surface area contributed by atoms with Crippen LogP contribution in [-0.4, -0.2) is 71.5 Å². The Kier molecular flexibility index (Phi) is 3.34. The van der Waals surface area contributed by atoms with E-state index in [4.69, 9.17) is 0 Å². The summed E-state index contributed by atoms with van der Waals surface area (Å²) in [6.45, 7) is 12.9. The second-order valence-corrected chi connectivity index (χ2v) is 7.26. The van der Waals surface area contributed by atoms with Gasteiger partial charge in [0.1, 0.15) is 0 Å². The van der Waals surface area contributed by atoms with Gasteiger partial charge in [-0.15, -0.1) is 0 Å². The molecule has 108 valence electrons. The molecule has 3 aliphatic rings. The SMILES string of the molecule is CC(=O)N1CC2CN(CC3CC3)CCN2C(C)(C)C1. The summed E-state index contributed by atoms with van der Waals surface area (Å²) in [5, 5.41) is 0. The zero-order chi connectivity index (χ0) is 13.6. The third-order valence-corrected chi connectivity index (χ3v) is 5.01. The zero-order valence-electron chi connectivity index (χ0n) is 12.6. The molecule has 0 radical (unpaired) electrons. The van der Waals surface area contributed by atoms with E-state index in [-0.39, 0.29) is 11.4 Å². The zero-order valence-corrected chi connectivity index (χ0v) is 12.6. The highest BCUT2D eigenvalue weighted by Gasteiger charge is 2.43. The van der Waals surface area contributed by atoms with Crippen LogP contribution in [0.3, 0.4) is 0 Å². The molecule has 2 heterocycles. The van der Waals surface area contributed by atoms with Crippen molar-refractivity contribution in [2.75, 3.05) is 39.3 Å². The van der Waals surface area contributed by atoms with Gasteiger partial charge < -0.3 is 9.80 Å².